The minimum absolute atomic E-state index is 0. The Labute approximate surface area is 236 Å². The summed E-state index contributed by atoms with van der Waals surface area (Å²) >= 11 is -3.37. The van der Waals surface area contributed by atoms with Crippen molar-refractivity contribution in [3.8, 4) is 0 Å². The number of hydrogen-bond donors (Lipinski definition) is 0. The van der Waals surface area contributed by atoms with Gasteiger partial charge in [-0.1, -0.05) is 0 Å². The molecule has 0 radical (unpaired) electrons. The molecule has 2 aromatic carbocycles. The molecule has 4 rings (SSSR count). The maximum atomic E-state index is 2.80. The van der Waals surface area contributed by atoms with E-state index in [1.165, 1.54) is 75.3 Å². The SMILES string of the molecule is CCCCCCC1=Cc2ccccc2[CH]1[Zr]([CH3])([CH3])(=[SiH2])[CH]1C(CCCCCC)=Cc2ccccc21.Cl.Cl. The zero-order chi connectivity index (χ0) is 24.2. The topological polar surface area (TPSA) is 0 Å². The smallest absolute Gasteiger partial charge is 0.147 e. The monoisotopic (exact) mass is 620 g/mol. The van der Waals surface area contributed by atoms with Crippen molar-refractivity contribution in [1.82, 2.24) is 0 Å². The second kappa shape index (κ2) is 13.6. The Kier molecular flexibility index (Phi) is 12.0. The van der Waals surface area contributed by atoms with Crippen molar-refractivity contribution in [2.45, 2.75) is 94.6 Å². The first-order chi connectivity index (χ1) is 16.4. The van der Waals surface area contributed by atoms with Crippen molar-refractivity contribution < 1.29 is 17.4 Å². The van der Waals surface area contributed by atoms with Gasteiger partial charge in [0.05, 0.1) is 0 Å². The van der Waals surface area contributed by atoms with Gasteiger partial charge in [0, 0.05) is 0 Å². The molecule has 0 saturated carbocycles. The van der Waals surface area contributed by atoms with Gasteiger partial charge >= 0.3 is 213 Å². The molecule has 2 aromatic rings. The summed E-state index contributed by atoms with van der Waals surface area (Å²) in [6, 6.07) is 18.7. The van der Waals surface area contributed by atoms with Gasteiger partial charge in [0.15, 0.2) is 0 Å². The molecule has 2 unspecified atom stereocenters. The Hall–Kier alpha value is -0.400. The summed E-state index contributed by atoms with van der Waals surface area (Å²) in [4.78, 5) is 0. The molecule has 0 fully saturated rings. The normalized spacial score (nSPS) is 18.5. The van der Waals surface area contributed by atoms with Crippen LogP contribution >= 0.6 is 24.8 Å². The van der Waals surface area contributed by atoms with Crippen LogP contribution in [0.2, 0.25) is 9.26 Å². The van der Waals surface area contributed by atoms with E-state index in [2.05, 4.69) is 90.7 Å². The number of unbranched alkanes of at least 4 members (excludes halogenated alkanes) is 6. The molecule has 0 nitrogen and oxygen atoms in total. The molecule has 2 aliphatic carbocycles. The Morgan fingerprint density at radius 1 is 0.611 bits per heavy atom. The summed E-state index contributed by atoms with van der Waals surface area (Å²) in [5.41, 5.74) is 9.83. The number of rotatable bonds is 12. The first-order valence-electron chi connectivity index (χ1n) is 14.0. The zero-order valence-corrected chi connectivity index (χ0v) is 28.5. The second-order valence-corrected chi connectivity index (χ2v) is 42.6. The molecule has 0 amide bonds. The van der Waals surface area contributed by atoms with E-state index in [0.717, 1.165) is 0 Å². The molecule has 0 spiro atoms. The van der Waals surface area contributed by atoms with E-state index in [-0.39, 0.29) is 24.8 Å². The van der Waals surface area contributed by atoms with Gasteiger partial charge in [-0.3, -0.25) is 0 Å². The first kappa shape index (κ1) is 31.8. The van der Waals surface area contributed by atoms with Crippen molar-refractivity contribution in [2.75, 3.05) is 0 Å². The van der Waals surface area contributed by atoms with Crippen LogP contribution in [-0.2, 0) is 17.4 Å². The molecule has 0 N–H and O–H groups in total. The molecule has 36 heavy (non-hydrogen) atoms. The molecule has 2 atom stereocenters. The van der Waals surface area contributed by atoms with E-state index < -0.39 is 17.4 Å². The maximum absolute atomic E-state index is 3.37. The van der Waals surface area contributed by atoms with Crippen LogP contribution in [0, 0.1) is 0 Å². The van der Waals surface area contributed by atoms with Crippen LogP contribution < -0.4 is 0 Å². The summed E-state index contributed by atoms with van der Waals surface area (Å²) in [6.45, 7) is 7.15. The van der Waals surface area contributed by atoms with E-state index in [0.29, 0.717) is 7.25 Å². The molecule has 0 aromatic heterocycles. The van der Waals surface area contributed by atoms with E-state index in [4.69, 9.17) is 0 Å². The van der Waals surface area contributed by atoms with E-state index in [1.807, 2.05) is 0 Å². The fourth-order valence-electron chi connectivity index (χ4n) is 7.13. The summed E-state index contributed by atoms with van der Waals surface area (Å²) in [5, 5.41) is 0. The van der Waals surface area contributed by atoms with Gasteiger partial charge in [0.2, 0.25) is 0 Å². The van der Waals surface area contributed by atoms with E-state index in [9.17, 15) is 0 Å². The number of allylic oxidation sites excluding steroid dienone is 2. The summed E-state index contributed by atoms with van der Waals surface area (Å²) in [6.07, 6.45) is 18.6. The van der Waals surface area contributed by atoms with Crippen LogP contribution in [0.4, 0.5) is 0 Å². The number of fused-ring (bicyclic) bond motifs is 2. The summed E-state index contributed by atoms with van der Waals surface area (Å²) < 4.78 is 6.96. The molecule has 4 heteroatoms. The standard InChI is InChI=1S/2C15H19.2CH3.2ClH.H2Si.Zr/c2*1-2-3-4-5-8-13-11-14-9-6-7-10-15(14)12-13;;;;;;/h2*6-7,9-12H,2-5,8H2,1H3;2*1H3;2*1H;1H2;. The van der Waals surface area contributed by atoms with Gasteiger partial charge in [0.25, 0.3) is 0 Å². The zero-order valence-electron chi connectivity index (χ0n) is 23.0. The van der Waals surface area contributed by atoms with Crippen molar-refractivity contribution >= 4 is 43.8 Å². The predicted molar refractivity (Wildman–Crippen MR) is 167 cm³/mol. The van der Waals surface area contributed by atoms with Crippen LogP contribution in [0.5, 0.6) is 0 Å². The van der Waals surface area contributed by atoms with Crippen molar-refractivity contribution in [2.24, 2.45) is 0 Å². The molecule has 0 saturated heterocycles. The van der Waals surface area contributed by atoms with Crippen LogP contribution in [0.25, 0.3) is 12.2 Å². The molecule has 2 aliphatic rings. The van der Waals surface area contributed by atoms with Crippen molar-refractivity contribution in [3.05, 3.63) is 81.9 Å². The number of benzene rings is 2. The second-order valence-electron chi connectivity index (χ2n) is 12.1. The Morgan fingerprint density at radius 2 is 1.00 bits per heavy atom. The van der Waals surface area contributed by atoms with Gasteiger partial charge in [-0.05, 0) is 0 Å². The molecular formula is C32H48Cl2SiZr. The Balaban J connectivity index is 0.00000228. The first-order valence-corrected chi connectivity index (χ1v) is 27.7. The molecule has 198 valence electrons. The maximum Gasteiger partial charge on any atom is -0.147 e. The van der Waals surface area contributed by atoms with Gasteiger partial charge in [-0.2, -0.15) is 0 Å². The van der Waals surface area contributed by atoms with Crippen LogP contribution in [0.3, 0.4) is 0 Å². The van der Waals surface area contributed by atoms with Crippen LogP contribution in [0.15, 0.2) is 59.7 Å². The fraction of sp³-hybridized carbons (Fsp3) is 0.500. The quantitative estimate of drug-likeness (QED) is 0.163. The predicted octanol–water partition coefficient (Wildman–Crippen LogP) is 10.4. The van der Waals surface area contributed by atoms with Crippen molar-refractivity contribution in [3.63, 3.8) is 0 Å². The third-order valence-corrected chi connectivity index (χ3v) is 26.1. The van der Waals surface area contributed by atoms with Crippen LogP contribution in [-0.4, -0.2) is 6.88 Å². The van der Waals surface area contributed by atoms with Gasteiger partial charge in [-0.15, -0.1) is 24.8 Å². The Bertz CT molecular complexity index is 1060. The largest absolute Gasteiger partial charge is 0.147 e. The third kappa shape index (κ3) is 6.59. The minimum Gasteiger partial charge on any atom is -0.147 e. The molecule has 0 aliphatic heterocycles. The third-order valence-electron chi connectivity index (χ3n) is 8.57. The van der Waals surface area contributed by atoms with Crippen molar-refractivity contribution in [1.29, 1.82) is 0 Å². The van der Waals surface area contributed by atoms with Gasteiger partial charge in [0.1, 0.15) is 0 Å². The minimum atomic E-state index is -3.37. The Morgan fingerprint density at radius 3 is 1.39 bits per heavy atom. The fourth-order valence-corrected chi connectivity index (χ4v) is 27.1. The van der Waals surface area contributed by atoms with Crippen LogP contribution in [0.1, 0.15) is 108 Å². The number of hydrogen-bond acceptors (Lipinski definition) is 0. The average molecular weight is 623 g/mol. The van der Waals surface area contributed by atoms with Gasteiger partial charge in [-0.25, -0.2) is 0 Å². The molecular weight excluding hydrogens is 575 g/mol. The molecule has 0 bridgehead atoms. The summed E-state index contributed by atoms with van der Waals surface area (Å²) in [5.74, 6) is 0. The van der Waals surface area contributed by atoms with Gasteiger partial charge < -0.3 is 0 Å². The molecule has 0 heterocycles. The number of halogens is 2. The van der Waals surface area contributed by atoms with E-state index >= 15 is 0 Å². The average Bonchev–Trinajstić information content (AvgIpc) is 3.38. The summed E-state index contributed by atoms with van der Waals surface area (Å²) in [7, 11) is 0. The van der Waals surface area contributed by atoms with E-state index in [1.54, 1.807) is 22.3 Å².